The Balaban J connectivity index is 0.00000361. The van der Waals surface area contributed by atoms with E-state index >= 15 is 0 Å². The summed E-state index contributed by atoms with van der Waals surface area (Å²) in [6, 6.07) is 2.63. The lowest BCUT2D eigenvalue weighted by Gasteiger charge is -2.11. The summed E-state index contributed by atoms with van der Waals surface area (Å²) in [5, 5.41) is 2.92. The highest BCUT2D eigenvalue weighted by molar-refractivity contribution is 7.89. The molecule has 0 fully saturated rings. The Labute approximate surface area is 124 Å². The van der Waals surface area contributed by atoms with Crippen molar-refractivity contribution in [1.82, 2.24) is 15.0 Å². The van der Waals surface area contributed by atoms with Gasteiger partial charge in [0.1, 0.15) is 10.6 Å². The molecule has 0 bridgehead atoms. The second-order valence-corrected chi connectivity index (χ2v) is 5.68. The highest BCUT2D eigenvalue weighted by Crippen LogP contribution is 2.08. The van der Waals surface area contributed by atoms with Gasteiger partial charge in [0.2, 0.25) is 10.0 Å². The van der Waals surface area contributed by atoms with Gasteiger partial charge in [-0.25, -0.2) is 22.9 Å². The van der Waals surface area contributed by atoms with E-state index in [1.807, 2.05) is 6.92 Å². The number of sulfonamides is 1. The molecule has 1 atom stereocenters. The van der Waals surface area contributed by atoms with Gasteiger partial charge in [-0.15, -0.1) is 12.4 Å². The minimum atomic E-state index is -3.62. The van der Waals surface area contributed by atoms with Crippen LogP contribution in [0.2, 0.25) is 0 Å². The molecule has 20 heavy (non-hydrogen) atoms. The Morgan fingerprint density at radius 2 is 2.10 bits per heavy atom. The maximum atomic E-state index is 11.9. The fourth-order valence-electron chi connectivity index (χ4n) is 1.18. The number of carbonyl (C=O) groups excluding carboxylic acids is 1. The number of nitrogens with one attached hydrogen (secondary N) is 2. The number of hydrogen-bond acceptors (Lipinski definition) is 6. The Bertz CT molecular complexity index is 533. The van der Waals surface area contributed by atoms with Crippen LogP contribution in [0.1, 0.15) is 17.4 Å². The van der Waals surface area contributed by atoms with Crippen molar-refractivity contribution in [1.29, 1.82) is 0 Å². The minimum Gasteiger partial charge on any atom is -0.464 e. The molecule has 1 aromatic heterocycles. The van der Waals surface area contributed by atoms with E-state index in [0.29, 0.717) is 0 Å². The van der Waals surface area contributed by atoms with Crippen LogP contribution in [-0.2, 0) is 14.8 Å². The summed E-state index contributed by atoms with van der Waals surface area (Å²) >= 11 is 0. The minimum absolute atomic E-state index is 0. The summed E-state index contributed by atoms with van der Waals surface area (Å²) in [5.41, 5.74) is 0.0602. The molecule has 0 saturated heterocycles. The molecule has 7 nitrogen and oxygen atoms in total. The summed E-state index contributed by atoms with van der Waals surface area (Å²) in [7, 11) is -0.646. The average molecular weight is 324 g/mol. The molecule has 0 spiro atoms. The number of ether oxygens (including phenoxy) is 1. The Morgan fingerprint density at radius 3 is 2.55 bits per heavy atom. The summed E-state index contributed by atoms with van der Waals surface area (Å²) in [4.78, 5) is 14.9. The Morgan fingerprint density at radius 1 is 1.45 bits per heavy atom. The number of rotatable bonds is 6. The molecular formula is C11H18ClN3O4S. The normalized spacial score (nSPS) is 12.3. The van der Waals surface area contributed by atoms with Crippen LogP contribution < -0.4 is 10.0 Å². The number of esters is 1. The number of methoxy groups -OCH3 is 1. The van der Waals surface area contributed by atoms with Crippen molar-refractivity contribution >= 4 is 28.4 Å². The molecule has 1 heterocycles. The Hall–Kier alpha value is -1.22. The zero-order chi connectivity index (χ0) is 14.5. The molecule has 0 amide bonds. The number of hydrogen-bond donors (Lipinski definition) is 2. The fourth-order valence-corrected chi connectivity index (χ4v) is 2.26. The molecule has 9 heteroatoms. The number of carbonyl (C=O) groups is 1. The van der Waals surface area contributed by atoms with Gasteiger partial charge in [-0.05, 0) is 26.1 Å². The van der Waals surface area contributed by atoms with Gasteiger partial charge in [-0.1, -0.05) is 0 Å². The average Bonchev–Trinajstić information content (AvgIpc) is 2.44. The molecule has 1 aromatic rings. The van der Waals surface area contributed by atoms with Gasteiger partial charge in [0, 0.05) is 18.8 Å². The molecular weight excluding hydrogens is 306 g/mol. The van der Waals surface area contributed by atoms with Gasteiger partial charge in [-0.2, -0.15) is 0 Å². The maximum Gasteiger partial charge on any atom is 0.356 e. The van der Waals surface area contributed by atoms with Crippen molar-refractivity contribution in [3.63, 3.8) is 0 Å². The van der Waals surface area contributed by atoms with Crippen molar-refractivity contribution in [3.8, 4) is 0 Å². The first-order chi connectivity index (χ1) is 8.90. The molecule has 0 aliphatic heterocycles. The van der Waals surface area contributed by atoms with Crippen LogP contribution in [0.15, 0.2) is 23.2 Å². The van der Waals surface area contributed by atoms with Crippen molar-refractivity contribution in [2.45, 2.75) is 17.9 Å². The van der Waals surface area contributed by atoms with Gasteiger partial charge < -0.3 is 10.1 Å². The van der Waals surface area contributed by atoms with Crippen molar-refractivity contribution < 1.29 is 17.9 Å². The second-order valence-electron chi connectivity index (χ2n) is 3.91. The third-order valence-corrected chi connectivity index (χ3v) is 3.92. The van der Waals surface area contributed by atoms with Gasteiger partial charge in [-0.3, -0.25) is 0 Å². The third-order valence-electron chi connectivity index (χ3n) is 2.51. The van der Waals surface area contributed by atoms with Crippen molar-refractivity contribution in [2.75, 3.05) is 20.7 Å². The van der Waals surface area contributed by atoms with E-state index < -0.39 is 16.0 Å². The van der Waals surface area contributed by atoms with E-state index in [-0.39, 0.29) is 35.6 Å². The summed E-state index contributed by atoms with van der Waals surface area (Å²) in [6.07, 6.45) is 1.12. The first-order valence-corrected chi connectivity index (χ1v) is 7.10. The van der Waals surface area contributed by atoms with E-state index in [2.05, 4.69) is 19.8 Å². The highest BCUT2D eigenvalue weighted by atomic mass is 35.5. The number of nitrogens with zero attached hydrogens (tertiary/aromatic N) is 1. The quantitative estimate of drug-likeness (QED) is 0.725. The first-order valence-electron chi connectivity index (χ1n) is 5.62. The monoisotopic (exact) mass is 323 g/mol. The smallest absolute Gasteiger partial charge is 0.356 e. The van der Waals surface area contributed by atoms with Crippen LogP contribution in [-0.4, -0.2) is 46.1 Å². The van der Waals surface area contributed by atoms with E-state index in [0.717, 1.165) is 6.20 Å². The molecule has 0 saturated carbocycles. The van der Waals surface area contributed by atoms with Gasteiger partial charge in [0.15, 0.2) is 0 Å². The fraction of sp³-hybridized carbons (Fsp3) is 0.455. The molecule has 0 aliphatic carbocycles. The highest BCUT2D eigenvalue weighted by Gasteiger charge is 2.16. The van der Waals surface area contributed by atoms with Crippen molar-refractivity contribution in [3.05, 3.63) is 24.0 Å². The third kappa shape index (κ3) is 5.04. The standard InChI is InChI=1S/C11H17N3O4S.ClH/c1-8(12-2)6-14-19(16,17)9-4-5-10(13-7-9)11(15)18-3;/h4-5,7-8,12,14H,6H2,1-3H3;1H. The molecule has 1 unspecified atom stereocenters. The van der Waals surface area contributed by atoms with E-state index in [4.69, 9.17) is 0 Å². The Kier molecular flexibility index (Phi) is 7.66. The second kappa shape index (κ2) is 8.15. The van der Waals surface area contributed by atoms with E-state index in [1.54, 1.807) is 7.05 Å². The number of halogens is 1. The zero-order valence-electron chi connectivity index (χ0n) is 11.4. The summed E-state index contributed by atoms with van der Waals surface area (Å²) < 4.78 is 30.7. The van der Waals surface area contributed by atoms with E-state index in [1.165, 1.54) is 19.2 Å². The van der Waals surface area contributed by atoms with Crippen LogP contribution in [0.3, 0.4) is 0 Å². The topological polar surface area (TPSA) is 97.4 Å². The van der Waals surface area contributed by atoms with Gasteiger partial charge >= 0.3 is 5.97 Å². The lowest BCUT2D eigenvalue weighted by Crippen LogP contribution is -2.37. The SMILES string of the molecule is CNC(C)CNS(=O)(=O)c1ccc(C(=O)OC)nc1.Cl. The van der Waals surface area contributed by atoms with E-state index in [9.17, 15) is 13.2 Å². The van der Waals surface area contributed by atoms with Crippen LogP contribution >= 0.6 is 12.4 Å². The lowest BCUT2D eigenvalue weighted by atomic mass is 10.3. The molecule has 2 N–H and O–H groups in total. The molecule has 1 rings (SSSR count). The first kappa shape index (κ1) is 18.8. The number of likely N-dealkylation sites (N-methyl/N-ethyl adjacent to an activating group) is 1. The lowest BCUT2D eigenvalue weighted by molar-refractivity contribution is 0.0594. The van der Waals surface area contributed by atoms with Gasteiger partial charge in [0.05, 0.1) is 7.11 Å². The van der Waals surface area contributed by atoms with Gasteiger partial charge in [0.25, 0.3) is 0 Å². The van der Waals surface area contributed by atoms with Crippen LogP contribution in [0, 0.1) is 0 Å². The predicted octanol–water partition coefficient (Wildman–Crippen LogP) is 0.176. The summed E-state index contributed by atoms with van der Waals surface area (Å²) in [6.45, 7) is 2.11. The van der Waals surface area contributed by atoms with Crippen LogP contribution in [0.5, 0.6) is 0 Å². The predicted molar refractivity (Wildman–Crippen MR) is 76.5 cm³/mol. The summed E-state index contributed by atoms with van der Waals surface area (Å²) in [5.74, 6) is -0.610. The number of pyridine rings is 1. The van der Waals surface area contributed by atoms with Crippen molar-refractivity contribution in [2.24, 2.45) is 0 Å². The number of aromatic nitrogens is 1. The van der Waals surface area contributed by atoms with Crippen LogP contribution in [0.25, 0.3) is 0 Å². The zero-order valence-corrected chi connectivity index (χ0v) is 13.0. The maximum absolute atomic E-state index is 11.9. The molecule has 0 aromatic carbocycles. The largest absolute Gasteiger partial charge is 0.464 e. The molecule has 0 radical (unpaired) electrons. The molecule has 114 valence electrons. The molecule has 0 aliphatic rings. The van der Waals surface area contributed by atoms with Crippen LogP contribution in [0.4, 0.5) is 0 Å².